The summed E-state index contributed by atoms with van der Waals surface area (Å²) < 4.78 is 31.6. The zero-order valence-corrected chi connectivity index (χ0v) is 16.7. The highest BCUT2D eigenvalue weighted by Crippen LogP contribution is 2.32. The molecule has 0 spiro atoms. The Balaban J connectivity index is 1.87. The highest BCUT2D eigenvalue weighted by atomic mass is 32.2. The quantitative estimate of drug-likeness (QED) is 0.634. The maximum absolute atomic E-state index is 13.2. The number of amides is 1. The average Bonchev–Trinajstić information content (AvgIpc) is 3.35. The largest absolute Gasteiger partial charge is 0.459 e. The van der Waals surface area contributed by atoms with Gasteiger partial charge in [-0.25, -0.2) is 8.42 Å². The van der Waals surface area contributed by atoms with Crippen molar-refractivity contribution in [2.75, 3.05) is 6.54 Å². The molecule has 3 rings (SSSR count). The van der Waals surface area contributed by atoms with E-state index >= 15 is 0 Å². The number of sulfone groups is 1. The van der Waals surface area contributed by atoms with Crippen LogP contribution in [0.4, 0.5) is 0 Å². The van der Waals surface area contributed by atoms with Gasteiger partial charge >= 0.3 is 0 Å². The third-order valence-electron chi connectivity index (χ3n) is 4.30. The first-order chi connectivity index (χ1) is 12.9. The molecule has 142 valence electrons. The maximum Gasteiger partial charge on any atom is 0.287 e. The molecule has 1 N–H and O–H groups in total. The van der Waals surface area contributed by atoms with E-state index < -0.39 is 21.0 Å². The third-order valence-corrected chi connectivity index (χ3v) is 7.54. The fourth-order valence-electron chi connectivity index (χ4n) is 2.72. The second-order valence-corrected chi connectivity index (χ2v) is 9.57. The van der Waals surface area contributed by atoms with E-state index in [1.807, 2.05) is 17.5 Å². The summed E-state index contributed by atoms with van der Waals surface area (Å²) in [6.07, 6.45) is 1.40. The molecule has 0 aliphatic rings. The molecule has 0 radical (unpaired) electrons. The topological polar surface area (TPSA) is 76.4 Å². The Bertz CT molecular complexity index is 973. The highest BCUT2D eigenvalue weighted by Gasteiger charge is 2.30. The van der Waals surface area contributed by atoms with Crippen LogP contribution in [0.5, 0.6) is 0 Å². The van der Waals surface area contributed by atoms with Crippen LogP contribution >= 0.6 is 11.3 Å². The van der Waals surface area contributed by atoms with Crippen molar-refractivity contribution in [3.63, 3.8) is 0 Å². The highest BCUT2D eigenvalue weighted by molar-refractivity contribution is 7.91. The normalized spacial score (nSPS) is 12.9. The number of furan rings is 1. The second kappa shape index (κ2) is 8.10. The first-order valence-corrected chi connectivity index (χ1v) is 11.0. The van der Waals surface area contributed by atoms with Crippen molar-refractivity contribution in [1.82, 2.24) is 5.32 Å². The first-order valence-electron chi connectivity index (χ1n) is 8.58. The minimum Gasteiger partial charge on any atom is -0.459 e. The molecule has 0 unspecified atom stereocenters. The Morgan fingerprint density at radius 2 is 1.85 bits per heavy atom. The van der Waals surface area contributed by atoms with Crippen LogP contribution in [0.1, 0.15) is 46.0 Å². The first kappa shape index (κ1) is 19.4. The van der Waals surface area contributed by atoms with E-state index in [1.165, 1.54) is 23.7 Å². The van der Waals surface area contributed by atoms with Crippen molar-refractivity contribution < 1.29 is 17.6 Å². The van der Waals surface area contributed by atoms with Gasteiger partial charge in [0.1, 0.15) is 5.25 Å². The molecular formula is C20H21NO4S2. The van der Waals surface area contributed by atoms with Gasteiger partial charge in [-0.05, 0) is 47.2 Å². The molecule has 0 aliphatic carbocycles. The standard InChI is InChI=1S/C20H21NO4S2/c1-14(2)15-7-9-16(10-8-15)27(23,24)19(18-6-4-12-26-18)13-21-20(22)17-5-3-11-25-17/h3-12,14,19H,13H2,1-2H3,(H,21,22)/t19-/m1/s1. The maximum atomic E-state index is 13.2. The van der Waals surface area contributed by atoms with E-state index in [2.05, 4.69) is 19.2 Å². The molecule has 2 aromatic heterocycles. The molecule has 7 heteroatoms. The van der Waals surface area contributed by atoms with Gasteiger partial charge < -0.3 is 9.73 Å². The number of thiophene rings is 1. The second-order valence-electron chi connectivity index (χ2n) is 6.46. The Morgan fingerprint density at radius 3 is 2.41 bits per heavy atom. The van der Waals surface area contributed by atoms with E-state index in [9.17, 15) is 13.2 Å². The molecular weight excluding hydrogens is 382 g/mol. The smallest absolute Gasteiger partial charge is 0.287 e. The Hall–Kier alpha value is -2.38. The minimum atomic E-state index is -3.67. The summed E-state index contributed by atoms with van der Waals surface area (Å²) in [5, 5.41) is 3.64. The van der Waals surface area contributed by atoms with Crippen LogP contribution in [0.3, 0.4) is 0 Å². The van der Waals surface area contributed by atoms with Gasteiger partial charge in [0.15, 0.2) is 15.6 Å². The van der Waals surface area contributed by atoms with Gasteiger partial charge in [-0.3, -0.25) is 4.79 Å². The molecule has 0 saturated heterocycles. The van der Waals surface area contributed by atoms with Gasteiger partial charge in [0, 0.05) is 11.4 Å². The molecule has 2 heterocycles. The summed E-state index contributed by atoms with van der Waals surface area (Å²) in [7, 11) is -3.67. The number of rotatable bonds is 7. The summed E-state index contributed by atoms with van der Waals surface area (Å²) in [6.45, 7) is 4.08. The van der Waals surface area contributed by atoms with Crippen molar-refractivity contribution in [3.8, 4) is 0 Å². The number of benzene rings is 1. The molecule has 3 aromatic rings. The van der Waals surface area contributed by atoms with Crippen LogP contribution in [-0.4, -0.2) is 20.9 Å². The number of carbonyl (C=O) groups excluding carboxylic acids is 1. The molecule has 1 atom stereocenters. The Labute approximate surface area is 163 Å². The third kappa shape index (κ3) is 4.31. The molecule has 0 aliphatic heterocycles. The van der Waals surface area contributed by atoms with Crippen LogP contribution in [0.2, 0.25) is 0 Å². The van der Waals surface area contributed by atoms with Crippen LogP contribution in [0.15, 0.2) is 69.5 Å². The van der Waals surface area contributed by atoms with Gasteiger partial charge in [0.25, 0.3) is 5.91 Å². The van der Waals surface area contributed by atoms with Crippen molar-refractivity contribution >= 4 is 27.1 Å². The van der Waals surface area contributed by atoms with Crippen molar-refractivity contribution in [1.29, 1.82) is 0 Å². The summed E-state index contributed by atoms with van der Waals surface area (Å²) in [6, 6.07) is 13.7. The van der Waals surface area contributed by atoms with Gasteiger partial charge in [-0.15, -0.1) is 11.3 Å². The molecule has 27 heavy (non-hydrogen) atoms. The van der Waals surface area contributed by atoms with E-state index in [-0.39, 0.29) is 17.2 Å². The van der Waals surface area contributed by atoms with Crippen molar-refractivity contribution in [2.45, 2.75) is 29.9 Å². The minimum absolute atomic E-state index is 0.0334. The fourth-order valence-corrected chi connectivity index (χ4v) is 5.51. The number of nitrogens with one attached hydrogen (secondary N) is 1. The lowest BCUT2D eigenvalue weighted by molar-refractivity contribution is 0.0926. The van der Waals surface area contributed by atoms with Crippen LogP contribution in [0, 0.1) is 0 Å². The van der Waals surface area contributed by atoms with E-state index in [0.717, 1.165) is 5.56 Å². The molecule has 1 amide bonds. The van der Waals surface area contributed by atoms with Gasteiger partial charge in [0.05, 0.1) is 11.2 Å². The molecule has 0 bridgehead atoms. The molecule has 5 nitrogen and oxygen atoms in total. The summed E-state index contributed by atoms with van der Waals surface area (Å²) in [4.78, 5) is 13.1. The fraction of sp³-hybridized carbons (Fsp3) is 0.250. The van der Waals surface area contributed by atoms with Crippen molar-refractivity contribution in [2.24, 2.45) is 0 Å². The lowest BCUT2D eigenvalue weighted by Gasteiger charge is -2.17. The Morgan fingerprint density at radius 1 is 1.11 bits per heavy atom. The zero-order valence-electron chi connectivity index (χ0n) is 15.1. The summed E-state index contributed by atoms with van der Waals surface area (Å²) in [5.74, 6) is 0.0351. The van der Waals surface area contributed by atoms with Crippen molar-refractivity contribution in [3.05, 3.63) is 76.4 Å². The molecule has 1 aromatic carbocycles. The van der Waals surface area contributed by atoms with Gasteiger partial charge in [-0.2, -0.15) is 0 Å². The number of hydrogen-bond donors (Lipinski definition) is 1. The van der Waals surface area contributed by atoms with Crippen LogP contribution in [-0.2, 0) is 9.84 Å². The van der Waals surface area contributed by atoms with E-state index in [1.54, 1.807) is 30.3 Å². The van der Waals surface area contributed by atoms with Gasteiger partial charge in [0.2, 0.25) is 0 Å². The monoisotopic (exact) mass is 403 g/mol. The number of carbonyl (C=O) groups is 1. The zero-order chi connectivity index (χ0) is 19.4. The van der Waals surface area contributed by atoms with E-state index in [4.69, 9.17) is 4.42 Å². The van der Waals surface area contributed by atoms with Crippen LogP contribution in [0.25, 0.3) is 0 Å². The molecule has 0 saturated carbocycles. The summed E-state index contributed by atoms with van der Waals surface area (Å²) >= 11 is 1.36. The molecule has 0 fully saturated rings. The van der Waals surface area contributed by atoms with E-state index in [0.29, 0.717) is 10.8 Å². The lowest BCUT2D eigenvalue weighted by Crippen LogP contribution is -2.31. The Kier molecular flexibility index (Phi) is 5.82. The lowest BCUT2D eigenvalue weighted by atomic mass is 10.0. The predicted molar refractivity (Wildman–Crippen MR) is 106 cm³/mol. The van der Waals surface area contributed by atoms with Crippen LogP contribution < -0.4 is 5.32 Å². The SMILES string of the molecule is CC(C)c1ccc(S(=O)(=O)[C@H](CNC(=O)c2ccco2)c2cccs2)cc1. The van der Waals surface area contributed by atoms with Gasteiger partial charge in [-0.1, -0.05) is 32.0 Å². The average molecular weight is 404 g/mol. The number of hydrogen-bond acceptors (Lipinski definition) is 5. The predicted octanol–water partition coefficient (Wildman–Crippen LogP) is 4.41. The summed E-state index contributed by atoms with van der Waals surface area (Å²) in [5.41, 5.74) is 1.08.